The predicted molar refractivity (Wildman–Crippen MR) is 67.6 cm³/mol. The molecule has 1 N–H and O–H groups in total. The van der Waals surface area contributed by atoms with Crippen LogP contribution in [0.4, 0.5) is 0 Å². The SMILES string of the molecule is c1cnn(CC2(CN[C@@H]3CCSC3)CC2)c1. The van der Waals surface area contributed by atoms with Crippen molar-refractivity contribution < 1.29 is 0 Å². The van der Waals surface area contributed by atoms with Crippen LogP contribution in [0.2, 0.25) is 0 Å². The van der Waals surface area contributed by atoms with Crippen LogP contribution in [0.15, 0.2) is 18.5 Å². The second kappa shape index (κ2) is 4.41. The van der Waals surface area contributed by atoms with Crippen molar-refractivity contribution in [3.63, 3.8) is 0 Å². The van der Waals surface area contributed by atoms with Gasteiger partial charge in [0, 0.05) is 42.7 Å². The molecule has 1 atom stereocenters. The molecule has 0 bridgehead atoms. The number of hydrogen-bond acceptors (Lipinski definition) is 3. The summed E-state index contributed by atoms with van der Waals surface area (Å²) >= 11 is 2.08. The third kappa shape index (κ3) is 2.43. The van der Waals surface area contributed by atoms with E-state index in [4.69, 9.17) is 0 Å². The van der Waals surface area contributed by atoms with Gasteiger partial charge < -0.3 is 5.32 Å². The molecule has 1 aliphatic carbocycles. The summed E-state index contributed by atoms with van der Waals surface area (Å²) in [5.74, 6) is 2.64. The molecule has 88 valence electrons. The van der Waals surface area contributed by atoms with E-state index in [9.17, 15) is 0 Å². The van der Waals surface area contributed by atoms with Crippen LogP contribution in [0.5, 0.6) is 0 Å². The molecule has 1 aromatic rings. The van der Waals surface area contributed by atoms with Gasteiger partial charge in [-0.1, -0.05) is 0 Å². The maximum atomic E-state index is 4.31. The average Bonchev–Trinajstić information content (AvgIpc) is 2.76. The Kier molecular flexibility index (Phi) is 2.94. The summed E-state index contributed by atoms with van der Waals surface area (Å²) in [6, 6.07) is 2.78. The van der Waals surface area contributed by atoms with Crippen LogP contribution in [0.25, 0.3) is 0 Å². The molecule has 2 aliphatic rings. The Morgan fingerprint density at radius 2 is 2.44 bits per heavy atom. The molecule has 1 aromatic heterocycles. The van der Waals surface area contributed by atoms with Crippen LogP contribution in [0, 0.1) is 5.41 Å². The summed E-state index contributed by atoms with van der Waals surface area (Å²) in [5, 5.41) is 8.04. The van der Waals surface area contributed by atoms with Crippen LogP contribution >= 0.6 is 11.8 Å². The van der Waals surface area contributed by atoms with Crippen molar-refractivity contribution in [2.75, 3.05) is 18.1 Å². The third-order valence-electron chi connectivity index (χ3n) is 3.71. The van der Waals surface area contributed by atoms with Crippen molar-refractivity contribution >= 4 is 11.8 Å². The summed E-state index contributed by atoms with van der Waals surface area (Å²) in [6.07, 6.45) is 8.02. The van der Waals surface area contributed by atoms with Crippen LogP contribution in [0.1, 0.15) is 19.3 Å². The maximum Gasteiger partial charge on any atom is 0.0489 e. The van der Waals surface area contributed by atoms with E-state index in [0.29, 0.717) is 5.41 Å². The van der Waals surface area contributed by atoms with Crippen LogP contribution < -0.4 is 5.32 Å². The molecule has 16 heavy (non-hydrogen) atoms. The zero-order chi connectivity index (χ0) is 10.8. The van der Waals surface area contributed by atoms with E-state index in [1.54, 1.807) is 0 Å². The predicted octanol–water partition coefficient (Wildman–Crippen LogP) is 1.76. The van der Waals surface area contributed by atoms with Gasteiger partial charge in [-0.2, -0.15) is 16.9 Å². The van der Waals surface area contributed by atoms with Gasteiger partial charge >= 0.3 is 0 Å². The van der Waals surface area contributed by atoms with E-state index in [1.165, 1.54) is 37.3 Å². The number of nitrogens with zero attached hydrogens (tertiary/aromatic N) is 2. The highest BCUT2D eigenvalue weighted by Gasteiger charge is 2.43. The Morgan fingerprint density at radius 1 is 1.50 bits per heavy atom. The van der Waals surface area contributed by atoms with Crippen molar-refractivity contribution in [1.82, 2.24) is 15.1 Å². The van der Waals surface area contributed by atoms with E-state index in [-0.39, 0.29) is 0 Å². The summed E-state index contributed by atoms with van der Waals surface area (Å²) in [7, 11) is 0. The summed E-state index contributed by atoms with van der Waals surface area (Å²) in [6.45, 7) is 2.27. The van der Waals surface area contributed by atoms with Crippen molar-refractivity contribution in [2.45, 2.75) is 31.8 Å². The second-order valence-electron chi connectivity index (χ2n) is 5.15. The van der Waals surface area contributed by atoms with Crippen molar-refractivity contribution in [2.24, 2.45) is 5.41 Å². The fourth-order valence-electron chi connectivity index (χ4n) is 2.36. The molecule has 4 heteroatoms. The highest BCUT2D eigenvalue weighted by Crippen LogP contribution is 2.46. The van der Waals surface area contributed by atoms with Gasteiger partial charge in [-0.15, -0.1) is 0 Å². The van der Waals surface area contributed by atoms with Gasteiger partial charge in [0.15, 0.2) is 0 Å². The fourth-order valence-corrected chi connectivity index (χ4v) is 3.55. The normalized spacial score (nSPS) is 27.1. The Bertz CT molecular complexity index is 326. The van der Waals surface area contributed by atoms with Crippen LogP contribution in [0.3, 0.4) is 0 Å². The first-order chi connectivity index (χ1) is 7.86. The summed E-state index contributed by atoms with van der Waals surface area (Å²) < 4.78 is 2.08. The maximum absolute atomic E-state index is 4.31. The smallest absolute Gasteiger partial charge is 0.0489 e. The van der Waals surface area contributed by atoms with Gasteiger partial charge in [-0.05, 0) is 31.1 Å². The zero-order valence-corrected chi connectivity index (χ0v) is 10.4. The Labute approximate surface area is 101 Å². The minimum Gasteiger partial charge on any atom is -0.313 e. The first-order valence-corrected chi connectivity index (χ1v) is 7.30. The number of aromatic nitrogens is 2. The molecule has 1 aliphatic heterocycles. The Morgan fingerprint density at radius 3 is 3.06 bits per heavy atom. The zero-order valence-electron chi connectivity index (χ0n) is 9.56. The van der Waals surface area contributed by atoms with E-state index in [0.717, 1.165) is 12.6 Å². The molecule has 2 heterocycles. The van der Waals surface area contributed by atoms with Gasteiger partial charge in [0.25, 0.3) is 0 Å². The lowest BCUT2D eigenvalue weighted by Crippen LogP contribution is -2.35. The number of thioether (sulfide) groups is 1. The largest absolute Gasteiger partial charge is 0.313 e. The van der Waals surface area contributed by atoms with Crippen LogP contribution in [-0.4, -0.2) is 33.9 Å². The van der Waals surface area contributed by atoms with Gasteiger partial charge in [-0.3, -0.25) is 4.68 Å². The van der Waals surface area contributed by atoms with Crippen molar-refractivity contribution in [3.05, 3.63) is 18.5 Å². The Hall–Kier alpha value is -0.480. The minimum absolute atomic E-state index is 0.513. The molecular formula is C12H19N3S. The fraction of sp³-hybridized carbons (Fsp3) is 0.750. The first kappa shape index (κ1) is 10.7. The number of rotatable bonds is 5. The minimum atomic E-state index is 0.513. The van der Waals surface area contributed by atoms with E-state index >= 15 is 0 Å². The topological polar surface area (TPSA) is 29.9 Å². The van der Waals surface area contributed by atoms with Crippen molar-refractivity contribution in [1.29, 1.82) is 0 Å². The monoisotopic (exact) mass is 237 g/mol. The molecule has 0 spiro atoms. The lowest BCUT2D eigenvalue weighted by atomic mass is 10.1. The first-order valence-electron chi connectivity index (χ1n) is 6.15. The molecule has 1 saturated heterocycles. The van der Waals surface area contributed by atoms with Crippen molar-refractivity contribution in [3.8, 4) is 0 Å². The quantitative estimate of drug-likeness (QED) is 0.846. The van der Waals surface area contributed by atoms with Gasteiger partial charge in [-0.25, -0.2) is 0 Å². The lowest BCUT2D eigenvalue weighted by Gasteiger charge is -2.19. The molecule has 0 radical (unpaired) electrons. The highest BCUT2D eigenvalue weighted by molar-refractivity contribution is 7.99. The average molecular weight is 237 g/mol. The number of hydrogen-bond donors (Lipinski definition) is 1. The molecule has 0 aromatic carbocycles. The second-order valence-corrected chi connectivity index (χ2v) is 6.29. The third-order valence-corrected chi connectivity index (χ3v) is 4.87. The van der Waals surface area contributed by atoms with E-state index < -0.39 is 0 Å². The van der Waals surface area contributed by atoms with Gasteiger partial charge in [0.2, 0.25) is 0 Å². The molecule has 1 saturated carbocycles. The standard InChI is InChI=1S/C12H19N3S/c1-5-14-15(6-1)10-12(3-4-12)9-13-11-2-7-16-8-11/h1,5-6,11,13H,2-4,7-10H2/t11-/m1/s1. The van der Waals surface area contributed by atoms with Gasteiger partial charge in [0.05, 0.1) is 0 Å². The van der Waals surface area contributed by atoms with Crippen LogP contribution in [-0.2, 0) is 6.54 Å². The Balaban J connectivity index is 1.49. The highest BCUT2D eigenvalue weighted by atomic mass is 32.2. The van der Waals surface area contributed by atoms with Gasteiger partial charge in [0.1, 0.15) is 0 Å². The number of nitrogens with one attached hydrogen (secondary N) is 1. The molecule has 3 nitrogen and oxygen atoms in total. The van der Waals surface area contributed by atoms with E-state index in [2.05, 4.69) is 33.1 Å². The molecule has 0 amide bonds. The summed E-state index contributed by atoms with van der Waals surface area (Å²) in [4.78, 5) is 0. The molecule has 3 rings (SSSR count). The summed E-state index contributed by atoms with van der Waals surface area (Å²) in [5.41, 5.74) is 0.513. The molecule has 0 unspecified atom stereocenters. The lowest BCUT2D eigenvalue weighted by molar-refractivity contribution is 0.357. The molecular weight excluding hydrogens is 218 g/mol. The molecule has 2 fully saturated rings. The van der Waals surface area contributed by atoms with E-state index in [1.807, 2.05) is 12.3 Å².